The van der Waals surface area contributed by atoms with Crippen molar-refractivity contribution >= 4 is 12.1 Å². The molecule has 9 heteroatoms. The van der Waals surface area contributed by atoms with Gasteiger partial charge in [-0.25, -0.2) is 10.6 Å². The van der Waals surface area contributed by atoms with Crippen LogP contribution in [-0.4, -0.2) is 55.5 Å². The number of carbonyl (C=O) groups is 2. The fourth-order valence-corrected chi connectivity index (χ4v) is 1.55. The van der Waals surface area contributed by atoms with Gasteiger partial charge in [-0.2, -0.15) is 0 Å². The molecule has 150 valence electrons. The zero-order valence-corrected chi connectivity index (χ0v) is 16.5. The minimum atomic E-state index is -0.878. The number of rotatable bonds is 10. The summed E-state index contributed by atoms with van der Waals surface area (Å²) in [6.07, 6.45) is 2.71. The van der Waals surface area contributed by atoms with E-state index in [1.165, 1.54) is 11.2 Å². The van der Waals surface area contributed by atoms with Gasteiger partial charge in [0.25, 0.3) is 0 Å². The molecule has 0 aromatic heterocycles. The van der Waals surface area contributed by atoms with E-state index >= 15 is 0 Å². The minimum Gasteiger partial charge on any atom is -0.480 e. The number of carbonyl (C=O) groups excluding carboxylic acids is 1. The molecule has 0 aromatic rings. The van der Waals surface area contributed by atoms with Gasteiger partial charge in [0.2, 0.25) is 0 Å². The third kappa shape index (κ3) is 20.0. The van der Waals surface area contributed by atoms with E-state index in [2.05, 4.69) is 10.6 Å². The molecule has 9 nitrogen and oxygen atoms in total. The van der Waals surface area contributed by atoms with Crippen LogP contribution in [0.4, 0.5) is 4.79 Å². The van der Waals surface area contributed by atoms with Crippen molar-refractivity contribution in [3.05, 3.63) is 11.9 Å². The molecule has 0 unspecified atom stereocenters. The first kappa shape index (κ1) is 27.8. The molecule has 1 amide bonds. The van der Waals surface area contributed by atoms with Crippen LogP contribution in [0.5, 0.6) is 0 Å². The smallest absolute Gasteiger partial charge is 0.407 e. The summed E-state index contributed by atoms with van der Waals surface area (Å²) in [5.74, 6) is 4.47. The normalized spacial score (nSPS) is 11.1. The lowest BCUT2D eigenvalue weighted by Crippen LogP contribution is -2.34. The maximum atomic E-state index is 11.3. The Bertz CT molecular complexity index is 362. The van der Waals surface area contributed by atoms with Crippen molar-refractivity contribution in [1.29, 1.82) is 0 Å². The van der Waals surface area contributed by atoms with Crippen LogP contribution in [0.25, 0.3) is 0 Å². The van der Waals surface area contributed by atoms with E-state index in [4.69, 9.17) is 21.4 Å². The number of hydrogen-bond donors (Lipinski definition) is 5. The van der Waals surface area contributed by atoms with E-state index < -0.39 is 18.1 Å². The van der Waals surface area contributed by atoms with E-state index in [0.717, 1.165) is 0 Å². The van der Waals surface area contributed by atoms with Crippen molar-refractivity contribution in [2.75, 3.05) is 27.2 Å². The summed E-state index contributed by atoms with van der Waals surface area (Å²) >= 11 is 0. The van der Waals surface area contributed by atoms with Gasteiger partial charge >= 0.3 is 12.1 Å². The number of unbranched alkanes of at least 4 members (excludes halogenated alkanes) is 1. The standard InChI is InChI=1S/C12H25N5O4.2C2H6/c1-15-10(11(18)19)5-3-4-6-16-12(20)21-8-9(13)7-17(2)14;2*1-2/h7,10,15H,3-6,8,13-14H2,1-2H3,(H,16,20)(H,18,19);2*1-2H3/b9-7-;;/t10-;;/m0../s1. The monoisotopic (exact) mass is 363 g/mol. The maximum absolute atomic E-state index is 11.3. The number of carboxylic acids is 1. The molecule has 1 atom stereocenters. The summed E-state index contributed by atoms with van der Waals surface area (Å²) < 4.78 is 4.86. The quantitative estimate of drug-likeness (QED) is 0.221. The summed E-state index contributed by atoms with van der Waals surface area (Å²) in [5.41, 5.74) is 5.88. The van der Waals surface area contributed by atoms with Gasteiger partial charge in [0.05, 0.1) is 5.70 Å². The first-order chi connectivity index (χ1) is 11.9. The average Bonchev–Trinajstić information content (AvgIpc) is 2.59. The third-order valence-corrected chi connectivity index (χ3v) is 2.57. The Morgan fingerprint density at radius 1 is 1.24 bits per heavy atom. The van der Waals surface area contributed by atoms with Gasteiger partial charge in [-0.1, -0.05) is 27.7 Å². The van der Waals surface area contributed by atoms with Crippen molar-refractivity contribution in [1.82, 2.24) is 15.6 Å². The highest BCUT2D eigenvalue weighted by Gasteiger charge is 2.13. The molecule has 0 saturated carbocycles. The first-order valence-corrected chi connectivity index (χ1v) is 8.61. The number of carboxylic acid groups (broad SMARTS) is 1. The van der Waals surface area contributed by atoms with Crippen LogP contribution >= 0.6 is 0 Å². The largest absolute Gasteiger partial charge is 0.480 e. The molecule has 0 fully saturated rings. The number of nitrogens with one attached hydrogen (secondary N) is 2. The van der Waals surface area contributed by atoms with Crippen LogP contribution < -0.4 is 22.2 Å². The van der Waals surface area contributed by atoms with Crippen molar-refractivity contribution in [2.45, 2.75) is 53.0 Å². The molecule has 0 bridgehead atoms. The van der Waals surface area contributed by atoms with E-state index in [0.29, 0.717) is 31.5 Å². The Morgan fingerprint density at radius 3 is 2.24 bits per heavy atom. The number of hydrazine groups is 1. The zero-order chi connectivity index (χ0) is 20.3. The van der Waals surface area contributed by atoms with Crippen LogP contribution in [-0.2, 0) is 9.53 Å². The second-order valence-electron chi connectivity index (χ2n) is 4.55. The molecule has 0 heterocycles. The van der Waals surface area contributed by atoms with Crippen LogP contribution in [0, 0.1) is 0 Å². The Hall–Kier alpha value is -2.00. The molecule has 0 aliphatic heterocycles. The molecule has 0 spiro atoms. The van der Waals surface area contributed by atoms with E-state index in [1.807, 2.05) is 27.7 Å². The van der Waals surface area contributed by atoms with Gasteiger partial charge in [0.1, 0.15) is 12.6 Å². The molecule has 25 heavy (non-hydrogen) atoms. The van der Waals surface area contributed by atoms with E-state index in [1.54, 1.807) is 14.1 Å². The lowest BCUT2D eigenvalue weighted by atomic mass is 10.1. The molecule has 0 aliphatic rings. The summed E-state index contributed by atoms with van der Waals surface area (Å²) in [6.45, 7) is 8.36. The van der Waals surface area contributed by atoms with Gasteiger partial charge in [0.15, 0.2) is 0 Å². The van der Waals surface area contributed by atoms with Gasteiger partial charge in [-0.05, 0) is 26.3 Å². The van der Waals surface area contributed by atoms with Crippen molar-refractivity contribution < 1.29 is 19.4 Å². The van der Waals surface area contributed by atoms with Gasteiger partial charge in [-0.3, -0.25) is 4.79 Å². The topological polar surface area (TPSA) is 143 Å². The lowest BCUT2D eigenvalue weighted by Gasteiger charge is -2.11. The van der Waals surface area contributed by atoms with Gasteiger partial charge < -0.3 is 31.2 Å². The molecule has 0 saturated heterocycles. The van der Waals surface area contributed by atoms with Gasteiger partial charge in [-0.15, -0.1) is 0 Å². The lowest BCUT2D eigenvalue weighted by molar-refractivity contribution is -0.139. The van der Waals surface area contributed by atoms with Crippen molar-refractivity contribution in [2.24, 2.45) is 11.6 Å². The van der Waals surface area contributed by atoms with Crippen LogP contribution in [0.3, 0.4) is 0 Å². The summed E-state index contributed by atoms with van der Waals surface area (Å²) in [6, 6.07) is -0.560. The molecule has 7 N–H and O–H groups in total. The van der Waals surface area contributed by atoms with Crippen LogP contribution in [0.1, 0.15) is 47.0 Å². The maximum Gasteiger partial charge on any atom is 0.407 e. The van der Waals surface area contributed by atoms with Gasteiger partial charge in [0, 0.05) is 19.8 Å². The zero-order valence-electron chi connectivity index (χ0n) is 16.5. The van der Waals surface area contributed by atoms with E-state index in [-0.39, 0.29) is 6.61 Å². The number of nitrogens with two attached hydrogens (primary N) is 2. The minimum absolute atomic E-state index is 0.0474. The Kier molecular flexibility index (Phi) is 22.3. The molecular weight excluding hydrogens is 326 g/mol. The highest BCUT2D eigenvalue weighted by Crippen LogP contribution is 2.00. The summed E-state index contributed by atoms with van der Waals surface area (Å²) in [4.78, 5) is 22.1. The second kappa shape index (κ2) is 20.0. The summed E-state index contributed by atoms with van der Waals surface area (Å²) in [7, 11) is 3.20. The third-order valence-electron chi connectivity index (χ3n) is 2.57. The second-order valence-corrected chi connectivity index (χ2v) is 4.55. The number of aliphatic carboxylic acids is 1. The number of amides is 1. The van der Waals surface area contributed by atoms with Crippen LogP contribution in [0.15, 0.2) is 11.9 Å². The van der Waals surface area contributed by atoms with Crippen LogP contribution in [0.2, 0.25) is 0 Å². The molecule has 0 rings (SSSR count). The van der Waals surface area contributed by atoms with Crippen molar-refractivity contribution in [3.63, 3.8) is 0 Å². The fraction of sp³-hybridized carbons (Fsp3) is 0.750. The predicted molar refractivity (Wildman–Crippen MR) is 101 cm³/mol. The molecule has 0 radical (unpaired) electrons. The molecule has 0 aromatic carbocycles. The Labute approximate surface area is 151 Å². The number of alkyl carbamates (subject to hydrolysis) is 1. The number of hydrogen-bond acceptors (Lipinski definition) is 7. The number of nitrogens with zero attached hydrogens (tertiary/aromatic N) is 1. The average molecular weight is 364 g/mol. The first-order valence-electron chi connectivity index (χ1n) is 8.61. The highest BCUT2D eigenvalue weighted by molar-refractivity contribution is 5.73. The fourth-order valence-electron chi connectivity index (χ4n) is 1.55. The molecular formula is C16H37N5O4. The Balaban J connectivity index is -0.00000112. The Morgan fingerprint density at radius 2 is 1.80 bits per heavy atom. The predicted octanol–water partition coefficient (Wildman–Crippen LogP) is 1.21. The SMILES string of the molecule is CC.CC.CN[C@@H](CCCCNC(=O)OC/C(N)=C/N(C)N)C(=O)O. The van der Waals surface area contributed by atoms with E-state index in [9.17, 15) is 9.59 Å². The number of ether oxygens (including phenoxy) is 1. The molecule has 0 aliphatic carbocycles. The highest BCUT2D eigenvalue weighted by atomic mass is 16.5. The summed E-state index contributed by atoms with van der Waals surface area (Å²) in [5, 5.41) is 15.3. The number of likely N-dealkylation sites (N-methyl/N-ethyl adjacent to an activating group) is 1. The van der Waals surface area contributed by atoms with Crippen molar-refractivity contribution in [3.8, 4) is 0 Å².